The van der Waals surface area contributed by atoms with Gasteiger partial charge in [0.25, 0.3) is 5.89 Å². The van der Waals surface area contributed by atoms with Gasteiger partial charge in [-0.2, -0.15) is 0 Å². The van der Waals surface area contributed by atoms with Gasteiger partial charge in [-0.25, -0.2) is 0 Å². The quantitative estimate of drug-likeness (QED) is 0.751. The van der Waals surface area contributed by atoms with Crippen molar-refractivity contribution in [2.45, 2.75) is 45.8 Å². The standard InChI is InChI=1S/C19H25N3O3/c1-14(19(23)24-13-18-21-20-15(2)25-18)22-10-8-17(9-11-22)12-16-6-4-3-5-7-16/h3-7,14,17H,8-13H2,1-2H3/t14-/m0/s1. The van der Waals surface area contributed by atoms with Crippen LogP contribution in [0.2, 0.25) is 0 Å². The van der Waals surface area contributed by atoms with Crippen LogP contribution in [0.25, 0.3) is 0 Å². The zero-order valence-electron chi connectivity index (χ0n) is 14.9. The number of hydrogen-bond acceptors (Lipinski definition) is 6. The summed E-state index contributed by atoms with van der Waals surface area (Å²) >= 11 is 0. The first-order valence-electron chi connectivity index (χ1n) is 8.85. The molecule has 1 atom stereocenters. The molecule has 1 aliphatic rings. The normalized spacial score (nSPS) is 17.4. The van der Waals surface area contributed by atoms with E-state index in [0.717, 1.165) is 32.4 Å². The Labute approximate surface area is 148 Å². The molecular weight excluding hydrogens is 318 g/mol. The fourth-order valence-electron chi connectivity index (χ4n) is 3.29. The maximum absolute atomic E-state index is 12.2. The van der Waals surface area contributed by atoms with Crippen molar-refractivity contribution in [1.82, 2.24) is 15.1 Å². The van der Waals surface area contributed by atoms with Gasteiger partial charge in [-0.15, -0.1) is 10.2 Å². The monoisotopic (exact) mass is 343 g/mol. The van der Waals surface area contributed by atoms with Gasteiger partial charge in [0, 0.05) is 6.92 Å². The van der Waals surface area contributed by atoms with Crippen molar-refractivity contribution in [3.63, 3.8) is 0 Å². The summed E-state index contributed by atoms with van der Waals surface area (Å²) in [4.78, 5) is 14.4. The number of carbonyl (C=O) groups excluding carboxylic acids is 1. The minimum atomic E-state index is -0.248. The number of hydrogen-bond donors (Lipinski definition) is 0. The lowest BCUT2D eigenvalue weighted by Gasteiger charge is -2.34. The largest absolute Gasteiger partial charge is 0.454 e. The number of carbonyl (C=O) groups is 1. The van der Waals surface area contributed by atoms with Crippen molar-refractivity contribution in [2.24, 2.45) is 5.92 Å². The first-order valence-corrected chi connectivity index (χ1v) is 8.85. The molecule has 3 rings (SSSR count). The zero-order chi connectivity index (χ0) is 17.6. The predicted molar refractivity (Wildman–Crippen MR) is 92.7 cm³/mol. The Kier molecular flexibility index (Phi) is 5.81. The van der Waals surface area contributed by atoms with Crippen molar-refractivity contribution < 1.29 is 13.9 Å². The number of likely N-dealkylation sites (tertiary alicyclic amines) is 1. The molecule has 1 saturated heterocycles. The topological polar surface area (TPSA) is 68.5 Å². The molecule has 1 fully saturated rings. The smallest absolute Gasteiger partial charge is 0.323 e. The molecule has 134 valence electrons. The van der Waals surface area contributed by atoms with E-state index in [1.807, 2.05) is 6.92 Å². The molecule has 2 aromatic rings. The molecule has 25 heavy (non-hydrogen) atoms. The number of aryl methyl sites for hydroxylation is 1. The maximum atomic E-state index is 12.2. The zero-order valence-corrected chi connectivity index (χ0v) is 14.9. The Morgan fingerprint density at radius 3 is 2.64 bits per heavy atom. The van der Waals surface area contributed by atoms with Crippen LogP contribution in [-0.2, 0) is 22.6 Å². The number of benzene rings is 1. The maximum Gasteiger partial charge on any atom is 0.323 e. The van der Waals surface area contributed by atoms with Gasteiger partial charge in [-0.3, -0.25) is 9.69 Å². The fourth-order valence-corrected chi connectivity index (χ4v) is 3.29. The third kappa shape index (κ3) is 4.89. The van der Waals surface area contributed by atoms with Gasteiger partial charge in [-0.1, -0.05) is 30.3 Å². The van der Waals surface area contributed by atoms with E-state index in [2.05, 4.69) is 45.4 Å². The SMILES string of the molecule is Cc1nnc(COC(=O)[C@H](C)N2CCC(Cc3ccccc3)CC2)o1. The van der Waals surface area contributed by atoms with Gasteiger partial charge in [0.1, 0.15) is 6.04 Å². The molecule has 0 bridgehead atoms. The molecule has 0 saturated carbocycles. The van der Waals surface area contributed by atoms with Crippen molar-refractivity contribution >= 4 is 5.97 Å². The highest BCUT2D eigenvalue weighted by Gasteiger charge is 2.27. The Morgan fingerprint density at radius 1 is 1.28 bits per heavy atom. The third-order valence-electron chi connectivity index (χ3n) is 4.81. The lowest BCUT2D eigenvalue weighted by Crippen LogP contribution is -2.44. The van der Waals surface area contributed by atoms with Crippen LogP contribution in [0.15, 0.2) is 34.7 Å². The van der Waals surface area contributed by atoms with Crippen LogP contribution < -0.4 is 0 Å². The minimum Gasteiger partial charge on any atom is -0.454 e. The summed E-state index contributed by atoms with van der Waals surface area (Å²) in [7, 11) is 0. The molecule has 0 N–H and O–H groups in total. The number of ether oxygens (including phenoxy) is 1. The molecule has 0 unspecified atom stereocenters. The molecule has 2 heterocycles. The highest BCUT2D eigenvalue weighted by Crippen LogP contribution is 2.23. The van der Waals surface area contributed by atoms with E-state index in [4.69, 9.17) is 9.15 Å². The molecule has 1 aromatic carbocycles. The van der Waals surface area contributed by atoms with Gasteiger partial charge in [0.05, 0.1) is 0 Å². The fraction of sp³-hybridized carbons (Fsp3) is 0.526. The molecule has 1 aliphatic heterocycles. The third-order valence-corrected chi connectivity index (χ3v) is 4.81. The van der Waals surface area contributed by atoms with Gasteiger partial charge in [-0.05, 0) is 50.8 Å². The van der Waals surface area contributed by atoms with Crippen molar-refractivity contribution in [1.29, 1.82) is 0 Å². The first-order chi connectivity index (χ1) is 12.1. The molecule has 6 heteroatoms. The molecule has 0 aliphatic carbocycles. The van der Waals surface area contributed by atoms with E-state index in [-0.39, 0.29) is 18.6 Å². The molecule has 0 radical (unpaired) electrons. The summed E-state index contributed by atoms with van der Waals surface area (Å²) in [6, 6.07) is 10.4. The van der Waals surface area contributed by atoms with E-state index < -0.39 is 0 Å². The lowest BCUT2D eigenvalue weighted by molar-refractivity contribution is -0.152. The summed E-state index contributed by atoms with van der Waals surface area (Å²) in [6.45, 7) is 5.49. The van der Waals surface area contributed by atoms with Gasteiger partial charge >= 0.3 is 5.97 Å². The van der Waals surface area contributed by atoms with Crippen LogP contribution in [0.4, 0.5) is 0 Å². The first kappa shape index (κ1) is 17.6. The highest BCUT2D eigenvalue weighted by atomic mass is 16.5. The number of aromatic nitrogens is 2. The van der Waals surface area contributed by atoms with Crippen LogP contribution in [0, 0.1) is 12.8 Å². The van der Waals surface area contributed by atoms with Crippen LogP contribution >= 0.6 is 0 Å². The summed E-state index contributed by atoms with van der Waals surface area (Å²) in [5.41, 5.74) is 1.39. The second-order valence-electron chi connectivity index (χ2n) is 6.67. The van der Waals surface area contributed by atoms with Crippen molar-refractivity contribution in [3.8, 4) is 0 Å². The summed E-state index contributed by atoms with van der Waals surface area (Å²) in [5, 5.41) is 7.56. The number of rotatable bonds is 6. The average molecular weight is 343 g/mol. The van der Waals surface area contributed by atoms with Gasteiger partial charge in [0.15, 0.2) is 6.61 Å². The van der Waals surface area contributed by atoms with E-state index in [1.54, 1.807) is 6.92 Å². The Balaban J connectivity index is 1.42. The van der Waals surface area contributed by atoms with Gasteiger partial charge in [0.2, 0.25) is 5.89 Å². The molecule has 0 amide bonds. The second kappa shape index (κ2) is 8.25. The van der Waals surface area contributed by atoms with Crippen LogP contribution in [0.1, 0.15) is 37.1 Å². The minimum absolute atomic E-state index is 0.0362. The number of esters is 1. The number of piperidine rings is 1. The predicted octanol–water partition coefficient (Wildman–Crippen LogP) is 2.76. The Hall–Kier alpha value is -2.21. The van der Waals surface area contributed by atoms with E-state index in [1.165, 1.54) is 5.56 Å². The molecule has 0 spiro atoms. The summed E-state index contributed by atoms with van der Waals surface area (Å²) in [5.74, 6) is 1.25. The van der Waals surface area contributed by atoms with Crippen molar-refractivity contribution in [3.05, 3.63) is 47.7 Å². The molecular formula is C19H25N3O3. The Morgan fingerprint density at radius 2 is 2.00 bits per heavy atom. The Bertz CT molecular complexity index is 678. The van der Waals surface area contributed by atoms with E-state index in [0.29, 0.717) is 17.7 Å². The number of nitrogens with zero attached hydrogens (tertiary/aromatic N) is 3. The molecule has 6 nitrogen and oxygen atoms in total. The van der Waals surface area contributed by atoms with Gasteiger partial charge < -0.3 is 9.15 Å². The van der Waals surface area contributed by atoms with Crippen LogP contribution in [-0.4, -0.2) is 40.2 Å². The van der Waals surface area contributed by atoms with Crippen LogP contribution in [0.5, 0.6) is 0 Å². The van der Waals surface area contributed by atoms with Crippen molar-refractivity contribution in [2.75, 3.05) is 13.1 Å². The summed E-state index contributed by atoms with van der Waals surface area (Å²) in [6.07, 6.45) is 3.33. The molecule has 1 aromatic heterocycles. The lowest BCUT2D eigenvalue weighted by atomic mass is 9.89. The van der Waals surface area contributed by atoms with Crippen LogP contribution in [0.3, 0.4) is 0 Å². The van der Waals surface area contributed by atoms with E-state index in [9.17, 15) is 4.79 Å². The van der Waals surface area contributed by atoms with E-state index >= 15 is 0 Å². The highest BCUT2D eigenvalue weighted by molar-refractivity contribution is 5.75. The summed E-state index contributed by atoms with van der Waals surface area (Å²) < 4.78 is 10.5. The second-order valence-corrected chi connectivity index (χ2v) is 6.67. The average Bonchev–Trinajstić information content (AvgIpc) is 3.06.